The standard InChI is InChI=1S/C16H16N2O3/c1-11-5-4-8-18(16(11)21)10-15(20)17-14-7-3-6-13(9-14)12(2)19/h3-9H,10H2,1-2H3,(H,17,20). The van der Waals surface area contributed by atoms with Crippen molar-refractivity contribution < 1.29 is 9.59 Å². The number of aromatic nitrogens is 1. The van der Waals surface area contributed by atoms with Crippen LogP contribution in [0.15, 0.2) is 47.4 Å². The van der Waals surface area contributed by atoms with Crippen LogP contribution < -0.4 is 10.9 Å². The summed E-state index contributed by atoms with van der Waals surface area (Å²) in [7, 11) is 0. The van der Waals surface area contributed by atoms with Crippen molar-refractivity contribution in [2.75, 3.05) is 5.32 Å². The van der Waals surface area contributed by atoms with Crippen LogP contribution in [0.25, 0.3) is 0 Å². The van der Waals surface area contributed by atoms with E-state index >= 15 is 0 Å². The average molecular weight is 284 g/mol. The number of Topliss-reactive ketones (excluding diaryl/α,β-unsaturated/α-hetero) is 1. The van der Waals surface area contributed by atoms with Gasteiger partial charge in [-0.05, 0) is 32.0 Å². The van der Waals surface area contributed by atoms with Crippen molar-refractivity contribution in [3.63, 3.8) is 0 Å². The second-order valence-electron chi connectivity index (χ2n) is 4.81. The van der Waals surface area contributed by atoms with E-state index in [1.54, 1.807) is 49.5 Å². The fourth-order valence-corrected chi connectivity index (χ4v) is 1.95. The summed E-state index contributed by atoms with van der Waals surface area (Å²) in [5.74, 6) is -0.385. The molecular formula is C16H16N2O3. The van der Waals surface area contributed by atoms with Gasteiger partial charge in [0.05, 0.1) is 0 Å². The Hall–Kier alpha value is -2.69. The Bertz CT molecular complexity index is 747. The van der Waals surface area contributed by atoms with Crippen LogP contribution in [0.4, 0.5) is 5.69 Å². The molecule has 2 aromatic rings. The topological polar surface area (TPSA) is 68.2 Å². The number of benzene rings is 1. The minimum Gasteiger partial charge on any atom is -0.325 e. The van der Waals surface area contributed by atoms with Crippen molar-refractivity contribution >= 4 is 17.4 Å². The fraction of sp³-hybridized carbons (Fsp3) is 0.188. The number of pyridine rings is 1. The lowest BCUT2D eigenvalue weighted by Crippen LogP contribution is -2.28. The first-order valence-electron chi connectivity index (χ1n) is 6.54. The molecule has 0 radical (unpaired) electrons. The van der Waals surface area contributed by atoms with Crippen LogP contribution in [0.3, 0.4) is 0 Å². The van der Waals surface area contributed by atoms with E-state index in [1.807, 2.05) is 0 Å². The third-order valence-corrected chi connectivity index (χ3v) is 3.08. The summed E-state index contributed by atoms with van der Waals surface area (Å²) in [5, 5.41) is 2.68. The first kappa shape index (κ1) is 14.7. The molecule has 0 aliphatic heterocycles. The number of ketones is 1. The molecule has 0 spiro atoms. The Morgan fingerprint density at radius 1 is 1.19 bits per heavy atom. The van der Waals surface area contributed by atoms with Gasteiger partial charge >= 0.3 is 0 Å². The van der Waals surface area contributed by atoms with Crippen LogP contribution >= 0.6 is 0 Å². The monoisotopic (exact) mass is 284 g/mol. The van der Waals surface area contributed by atoms with Crippen LogP contribution in [-0.4, -0.2) is 16.3 Å². The van der Waals surface area contributed by atoms with Crippen LogP contribution in [0.5, 0.6) is 0 Å². The summed E-state index contributed by atoms with van der Waals surface area (Å²) < 4.78 is 1.35. The summed E-state index contributed by atoms with van der Waals surface area (Å²) in [5.41, 5.74) is 1.46. The number of carbonyl (C=O) groups is 2. The molecule has 0 bridgehead atoms. The van der Waals surface area contributed by atoms with E-state index in [1.165, 1.54) is 11.5 Å². The molecule has 0 fully saturated rings. The first-order chi connectivity index (χ1) is 9.97. The predicted molar refractivity (Wildman–Crippen MR) is 80.5 cm³/mol. The number of rotatable bonds is 4. The number of amides is 1. The number of nitrogens with one attached hydrogen (secondary N) is 1. The zero-order valence-corrected chi connectivity index (χ0v) is 11.9. The molecule has 5 nitrogen and oxygen atoms in total. The number of carbonyl (C=O) groups excluding carboxylic acids is 2. The average Bonchev–Trinajstić information content (AvgIpc) is 2.44. The highest BCUT2D eigenvalue weighted by atomic mass is 16.2. The van der Waals surface area contributed by atoms with Crippen LogP contribution in [0.1, 0.15) is 22.8 Å². The van der Waals surface area contributed by atoms with Gasteiger partial charge in [0, 0.05) is 23.0 Å². The zero-order chi connectivity index (χ0) is 15.4. The highest BCUT2D eigenvalue weighted by Gasteiger charge is 2.07. The molecule has 1 N–H and O–H groups in total. The molecule has 0 aliphatic rings. The van der Waals surface area contributed by atoms with E-state index in [9.17, 15) is 14.4 Å². The molecule has 0 saturated heterocycles. The summed E-state index contributed by atoms with van der Waals surface area (Å²) >= 11 is 0. The molecule has 0 unspecified atom stereocenters. The molecule has 1 aromatic heterocycles. The van der Waals surface area contributed by atoms with Gasteiger partial charge in [0.25, 0.3) is 5.56 Å². The molecule has 108 valence electrons. The van der Waals surface area contributed by atoms with Gasteiger partial charge in [-0.1, -0.05) is 18.2 Å². The molecule has 21 heavy (non-hydrogen) atoms. The van der Waals surface area contributed by atoms with Crippen molar-refractivity contribution in [3.8, 4) is 0 Å². The van der Waals surface area contributed by atoms with Crippen LogP contribution in [0, 0.1) is 6.92 Å². The highest BCUT2D eigenvalue weighted by molar-refractivity contribution is 5.97. The first-order valence-corrected chi connectivity index (χ1v) is 6.54. The van der Waals surface area contributed by atoms with Crippen molar-refractivity contribution in [1.82, 2.24) is 4.57 Å². The molecular weight excluding hydrogens is 268 g/mol. The molecule has 1 amide bonds. The van der Waals surface area contributed by atoms with E-state index in [2.05, 4.69) is 5.32 Å². The van der Waals surface area contributed by atoms with Crippen molar-refractivity contribution in [2.45, 2.75) is 20.4 Å². The Morgan fingerprint density at radius 3 is 2.67 bits per heavy atom. The van der Waals surface area contributed by atoms with Gasteiger partial charge in [-0.25, -0.2) is 0 Å². The number of hydrogen-bond acceptors (Lipinski definition) is 3. The van der Waals surface area contributed by atoms with Crippen molar-refractivity contribution in [3.05, 3.63) is 64.1 Å². The van der Waals surface area contributed by atoms with Crippen LogP contribution in [-0.2, 0) is 11.3 Å². The maximum atomic E-state index is 12.0. The third kappa shape index (κ3) is 3.66. The van der Waals surface area contributed by atoms with Crippen LogP contribution in [0.2, 0.25) is 0 Å². The van der Waals surface area contributed by atoms with Gasteiger partial charge in [-0.2, -0.15) is 0 Å². The third-order valence-electron chi connectivity index (χ3n) is 3.08. The Balaban J connectivity index is 2.12. The fourth-order valence-electron chi connectivity index (χ4n) is 1.95. The maximum Gasteiger partial charge on any atom is 0.253 e. The van der Waals surface area contributed by atoms with Gasteiger partial charge in [-0.15, -0.1) is 0 Å². The minimum absolute atomic E-state index is 0.0647. The molecule has 5 heteroatoms. The number of anilines is 1. The SMILES string of the molecule is CC(=O)c1cccc(NC(=O)Cn2cccc(C)c2=O)c1. The van der Waals surface area contributed by atoms with E-state index in [0.717, 1.165) is 0 Å². The molecule has 0 aliphatic carbocycles. The molecule has 0 saturated carbocycles. The van der Waals surface area contributed by atoms with E-state index < -0.39 is 0 Å². The molecule has 2 rings (SSSR count). The van der Waals surface area contributed by atoms with Gasteiger partial charge in [-0.3, -0.25) is 14.4 Å². The lowest BCUT2D eigenvalue weighted by molar-refractivity contribution is -0.116. The normalized spacial score (nSPS) is 10.2. The van der Waals surface area contributed by atoms with Crippen molar-refractivity contribution in [2.24, 2.45) is 0 Å². The molecule has 1 aromatic carbocycles. The minimum atomic E-state index is -0.316. The molecule has 0 atom stereocenters. The van der Waals surface area contributed by atoms with Gasteiger partial charge in [0.1, 0.15) is 6.54 Å². The van der Waals surface area contributed by atoms with Crippen molar-refractivity contribution in [1.29, 1.82) is 0 Å². The Morgan fingerprint density at radius 2 is 1.95 bits per heavy atom. The summed E-state index contributed by atoms with van der Waals surface area (Å²) in [6.45, 7) is 3.10. The van der Waals surface area contributed by atoms with E-state index in [0.29, 0.717) is 16.8 Å². The number of hydrogen-bond donors (Lipinski definition) is 1. The lowest BCUT2D eigenvalue weighted by atomic mass is 10.1. The zero-order valence-electron chi connectivity index (χ0n) is 11.9. The number of aryl methyl sites for hydroxylation is 1. The van der Waals surface area contributed by atoms with E-state index in [-0.39, 0.29) is 23.8 Å². The predicted octanol–water partition coefficient (Wildman–Crippen LogP) is 2.00. The second kappa shape index (κ2) is 6.17. The van der Waals surface area contributed by atoms with Gasteiger partial charge in [0.15, 0.2) is 5.78 Å². The quantitative estimate of drug-likeness (QED) is 0.873. The summed E-state index contributed by atoms with van der Waals surface area (Å²) in [6.07, 6.45) is 1.57. The Kier molecular flexibility index (Phi) is 4.33. The maximum absolute atomic E-state index is 12.0. The van der Waals surface area contributed by atoms with Gasteiger partial charge in [0.2, 0.25) is 5.91 Å². The summed E-state index contributed by atoms with van der Waals surface area (Å²) in [6, 6.07) is 10.1. The molecule has 1 heterocycles. The lowest BCUT2D eigenvalue weighted by Gasteiger charge is -2.08. The number of nitrogens with zero attached hydrogens (tertiary/aromatic N) is 1. The highest BCUT2D eigenvalue weighted by Crippen LogP contribution is 2.11. The largest absolute Gasteiger partial charge is 0.325 e. The Labute approximate surface area is 122 Å². The van der Waals surface area contributed by atoms with E-state index in [4.69, 9.17) is 0 Å². The second-order valence-corrected chi connectivity index (χ2v) is 4.81. The smallest absolute Gasteiger partial charge is 0.253 e. The van der Waals surface area contributed by atoms with Gasteiger partial charge < -0.3 is 9.88 Å². The summed E-state index contributed by atoms with van der Waals surface area (Å²) in [4.78, 5) is 35.1.